The summed E-state index contributed by atoms with van der Waals surface area (Å²) in [7, 11) is -3.58. The lowest BCUT2D eigenvalue weighted by Gasteiger charge is -2.14. The molecule has 0 saturated heterocycles. The molecule has 0 bridgehead atoms. The number of hydrogen-bond acceptors (Lipinski definition) is 4. The van der Waals surface area contributed by atoms with Gasteiger partial charge in [0.15, 0.2) is 6.10 Å². The molecule has 1 unspecified atom stereocenters. The van der Waals surface area contributed by atoms with Crippen molar-refractivity contribution < 1.29 is 17.9 Å². The predicted molar refractivity (Wildman–Crippen MR) is 72.5 cm³/mol. The molecule has 0 heterocycles. The molecule has 0 aliphatic rings. The Kier molecular flexibility index (Phi) is 5.59. The van der Waals surface area contributed by atoms with E-state index >= 15 is 0 Å². The second kappa shape index (κ2) is 6.74. The number of primary sulfonamides is 1. The fourth-order valence-electron chi connectivity index (χ4n) is 1.26. The van der Waals surface area contributed by atoms with Crippen LogP contribution in [0.2, 0.25) is 5.02 Å². The van der Waals surface area contributed by atoms with Gasteiger partial charge in [-0.1, -0.05) is 17.7 Å². The third kappa shape index (κ3) is 6.42. The number of sulfonamides is 1. The van der Waals surface area contributed by atoms with Crippen molar-refractivity contribution in [1.29, 1.82) is 0 Å². The summed E-state index contributed by atoms with van der Waals surface area (Å²) in [5.41, 5.74) is 0. The van der Waals surface area contributed by atoms with Crippen LogP contribution in [-0.2, 0) is 14.8 Å². The van der Waals surface area contributed by atoms with Gasteiger partial charge in [0.05, 0.1) is 5.75 Å². The van der Waals surface area contributed by atoms with Crippen molar-refractivity contribution in [2.45, 2.75) is 13.0 Å². The summed E-state index contributed by atoms with van der Waals surface area (Å²) in [5.74, 6) is -0.284. The van der Waals surface area contributed by atoms with E-state index in [4.69, 9.17) is 21.5 Å². The molecule has 0 fully saturated rings. The molecule has 1 aromatic rings. The molecule has 0 aromatic heterocycles. The summed E-state index contributed by atoms with van der Waals surface area (Å²) < 4.78 is 26.7. The summed E-state index contributed by atoms with van der Waals surface area (Å²) in [5, 5.41) is 7.73. The van der Waals surface area contributed by atoms with Crippen LogP contribution in [0.1, 0.15) is 6.92 Å². The molecular formula is C11H15ClN2O4S. The summed E-state index contributed by atoms with van der Waals surface area (Å²) in [6.45, 7) is 1.49. The number of ether oxygens (including phenoxy) is 1. The number of carbonyl (C=O) groups excluding carboxylic acids is 1. The second-order valence-corrected chi connectivity index (χ2v) is 6.05. The highest BCUT2D eigenvalue weighted by Gasteiger charge is 2.15. The molecule has 1 atom stereocenters. The summed E-state index contributed by atoms with van der Waals surface area (Å²) >= 11 is 5.78. The maximum Gasteiger partial charge on any atom is 0.260 e. The van der Waals surface area contributed by atoms with Crippen molar-refractivity contribution >= 4 is 27.5 Å². The van der Waals surface area contributed by atoms with Gasteiger partial charge in [0.2, 0.25) is 10.0 Å². The average molecular weight is 307 g/mol. The zero-order chi connectivity index (χ0) is 14.5. The third-order valence-corrected chi connectivity index (χ3v) is 3.17. The standard InChI is InChI=1S/C11H15ClN2O4S/c1-8(11(15)14-5-6-19(13,16)17)18-10-4-2-3-9(12)7-10/h2-4,7-8H,5-6H2,1H3,(H,14,15)(H2,13,16,17). The first-order valence-corrected chi connectivity index (χ1v) is 7.57. The predicted octanol–water partition coefficient (Wildman–Crippen LogP) is 0.512. The van der Waals surface area contributed by atoms with Crippen LogP contribution in [0.15, 0.2) is 24.3 Å². The minimum atomic E-state index is -3.58. The molecule has 1 aromatic carbocycles. The first kappa shape index (κ1) is 15.7. The number of hydrogen-bond donors (Lipinski definition) is 2. The molecule has 1 rings (SSSR count). The number of benzene rings is 1. The monoisotopic (exact) mass is 306 g/mol. The van der Waals surface area contributed by atoms with Crippen LogP contribution >= 0.6 is 11.6 Å². The number of nitrogens with one attached hydrogen (secondary N) is 1. The quantitative estimate of drug-likeness (QED) is 0.800. The van der Waals surface area contributed by atoms with Crippen LogP contribution in [-0.4, -0.2) is 32.7 Å². The fourth-order valence-corrected chi connectivity index (χ4v) is 1.83. The summed E-state index contributed by atoms with van der Waals surface area (Å²) in [6, 6.07) is 6.63. The molecule has 8 heteroatoms. The molecule has 0 saturated carbocycles. The van der Waals surface area contributed by atoms with Crippen LogP contribution in [0.4, 0.5) is 0 Å². The zero-order valence-electron chi connectivity index (χ0n) is 10.3. The van der Waals surface area contributed by atoms with Gasteiger partial charge in [0.1, 0.15) is 5.75 Å². The summed E-state index contributed by atoms with van der Waals surface area (Å²) in [4.78, 5) is 11.6. The molecule has 0 radical (unpaired) electrons. The minimum absolute atomic E-state index is 0.0547. The van der Waals surface area contributed by atoms with Crippen LogP contribution in [0.5, 0.6) is 5.75 Å². The van der Waals surface area contributed by atoms with Crippen molar-refractivity contribution in [3.05, 3.63) is 29.3 Å². The Bertz CT molecular complexity index is 547. The number of nitrogens with two attached hydrogens (primary N) is 1. The van der Waals surface area contributed by atoms with E-state index in [0.717, 1.165) is 0 Å². The number of carbonyl (C=O) groups is 1. The van der Waals surface area contributed by atoms with Crippen LogP contribution in [0, 0.1) is 0 Å². The summed E-state index contributed by atoms with van der Waals surface area (Å²) in [6.07, 6.45) is -0.765. The van der Waals surface area contributed by atoms with Gasteiger partial charge in [-0.05, 0) is 25.1 Å². The van der Waals surface area contributed by atoms with E-state index in [1.165, 1.54) is 0 Å². The first-order valence-electron chi connectivity index (χ1n) is 5.48. The van der Waals surface area contributed by atoms with E-state index in [0.29, 0.717) is 10.8 Å². The normalized spacial score (nSPS) is 12.8. The van der Waals surface area contributed by atoms with E-state index < -0.39 is 22.0 Å². The van der Waals surface area contributed by atoms with Gasteiger partial charge in [-0.25, -0.2) is 13.6 Å². The van der Waals surface area contributed by atoms with Crippen molar-refractivity contribution in [2.24, 2.45) is 5.14 Å². The molecule has 1 amide bonds. The Hall–Kier alpha value is -1.31. The lowest BCUT2D eigenvalue weighted by atomic mass is 10.3. The van der Waals surface area contributed by atoms with Gasteiger partial charge in [-0.15, -0.1) is 0 Å². The molecule has 106 valence electrons. The smallest absolute Gasteiger partial charge is 0.260 e. The van der Waals surface area contributed by atoms with E-state index in [-0.39, 0.29) is 12.3 Å². The maximum atomic E-state index is 11.6. The van der Waals surface area contributed by atoms with Gasteiger partial charge in [-0.3, -0.25) is 4.79 Å². The van der Waals surface area contributed by atoms with Crippen LogP contribution in [0.3, 0.4) is 0 Å². The van der Waals surface area contributed by atoms with E-state index in [9.17, 15) is 13.2 Å². The van der Waals surface area contributed by atoms with Crippen molar-refractivity contribution in [3.63, 3.8) is 0 Å². The molecular weight excluding hydrogens is 292 g/mol. The SMILES string of the molecule is CC(Oc1cccc(Cl)c1)C(=O)NCCS(N)(=O)=O. The fraction of sp³-hybridized carbons (Fsp3) is 0.364. The number of halogens is 1. The topological polar surface area (TPSA) is 98.5 Å². The molecule has 3 N–H and O–H groups in total. The largest absolute Gasteiger partial charge is 0.481 e. The molecule has 0 aliphatic carbocycles. The van der Waals surface area contributed by atoms with E-state index in [1.54, 1.807) is 31.2 Å². The van der Waals surface area contributed by atoms with Gasteiger partial charge in [-0.2, -0.15) is 0 Å². The van der Waals surface area contributed by atoms with Crippen LogP contribution < -0.4 is 15.2 Å². The lowest BCUT2D eigenvalue weighted by molar-refractivity contribution is -0.127. The first-order chi connectivity index (χ1) is 8.78. The maximum absolute atomic E-state index is 11.6. The average Bonchev–Trinajstić information content (AvgIpc) is 2.27. The van der Waals surface area contributed by atoms with Crippen LogP contribution in [0.25, 0.3) is 0 Å². The molecule has 19 heavy (non-hydrogen) atoms. The third-order valence-electron chi connectivity index (χ3n) is 2.16. The number of amides is 1. The Morgan fingerprint density at radius 1 is 1.53 bits per heavy atom. The van der Waals surface area contributed by atoms with E-state index in [2.05, 4.69) is 5.32 Å². The molecule has 0 spiro atoms. The Morgan fingerprint density at radius 3 is 2.79 bits per heavy atom. The highest BCUT2D eigenvalue weighted by Crippen LogP contribution is 2.18. The number of rotatable bonds is 6. The Labute approximate surface area is 116 Å². The zero-order valence-corrected chi connectivity index (χ0v) is 11.9. The highest BCUT2D eigenvalue weighted by atomic mass is 35.5. The molecule has 0 aliphatic heterocycles. The minimum Gasteiger partial charge on any atom is -0.481 e. The Balaban J connectivity index is 2.45. The van der Waals surface area contributed by atoms with Gasteiger partial charge in [0, 0.05) is 11.6 Å². The second-order valence-electron chi connectivity index (χ2n) is 3.88. The van der Waals surface area contributed by atoms with Crippen molar-refractivity contribution in [2.75, 3.05) is 12.3 Å². The highest BCUT2D eigenvalue weighted by molar-refractivity contribution is 7.89. The van der Waals surface area contributed by atoms with E-state index in [1.807, 2.05) is 0 Å². The Morgan fingerprint density at radius 2 is 2.21 bits per heavy atom. The van der Waals surface area contributed by atoms with Gasteiger partial charge >= 0.3 is 0 Å². The lowest BCUT2D eigenvalue weighted by Crippen LogP contribution is -2.39. The van der Waals surface area contributed by atoms with Crippen molar-refractivity contribution in [3.8, 4) is 5.75 Å². The van der Waals surface area contributed by atoms with Gasteiger partial charge < -0.3 is 10.1 Å². The van der Waals surface area contributed by atoms with Crippen molar-refractivity contribution in [1.82, 2.24) is 5.32 Å². The van der Waals surface area contributed by atoms with Gasteiger partial charge in [0.25, 0.3) is 5.91 Å². The molecule has 6 nitrogen and oxygen atoms in total.